The minimum absolute atomic E-state index is 0.255. The van der Waals surface area contributed by atoms with E-state index in [9.17, 15) is 10.1 Å². The van der Waals surface area contributed by atoms with Gasteiger partial charge < -0.3 is 0 Å². The van der Waals surface area contributed by atoms with Crippen molar-refractivity contribution < 1.29 is 4.92 Å². The van der Waals surface area contributed by atoms with Crippen molar-refractivity contribution in [3.05, 3.63) is 39.4 Å². The van der Waals surface area contributed by atoms with Crippen molar-refractivity contribution in [2.45, 2.75) is 13.8 Å². The molecule has 72 valence electrons. The van der Waals surface area contributed by atoms with Crippen LogP contribution in [-0.4, -0.2) is 4.92 Å². The molecule has 0 atom stereocenters. The fourth-order valence-electron chi connectivity index (χ4n) is 1.50. The van der Waals surface area contributed by atoms with Gasteiger partial charge in [0.05, 0.1) is 4.92 Å². The van der Waals surface area contributed by atoms with Crippen LogP contribution in [-0.2, 0) is 0 Å². The number of nitro groups is 1. The molecule has 1 heterocycles. The number of fused-ring (bicyclic) bond motifs is 1. The first-order valence-corrected chi connectivity index (χ1v) is 5.05. The third-order valence-electron chi connectivity index (χ3n) is 2.23. The Balaban J connectivity index is 2.80. The highest BCUT2D eigenvalue weighted by molar-refractivity contribution is 7.22. The molecule has 0 unspecified atom stereocenters. The van der Waals surface area contributed by atoms with Crippen molar-refractivity contribution in [2.24, 2.45) is 0 Å². The summed E-state index contributed by atoms with van der Waals surface area (Å²) < 4.78 is 0.986. The molecule has 0 amide bonds. The SMILES string of the molecule is Cc1ccc2sc([N+](=O)[O-])c(C)c2c1. The van der Waals surface area contributed by atoms with Crippen LogP contribution < -0.4 is 0 Å². The second kappa shape index (κ2) is 3.06. The molecule has 2 aromatic rings. The van der Waals surface area contributed by atoms with Crippen LogP contribution in [0.5, 0.6) is 0 Å². The van der Waals surface area contributed by atoms with Gasteiger partial charge in [-0.2, -0.15) is 0 Å². The van der Waals surface area contributed by atoms with E-state index in [1.54, 1.807) is 6.92 Å². The molecular weight excluding hydrogens is 198 g/mol. The van der Waals surface area contributed by atoms with Crippen LogP contribution >= 0.6 is 11.3 Å². The third kappa shape index (κ3) is 1.28. The molecule has 0 radical (unpaired) electrons. The summed E-state index contributed by atoms with van der Waals surface area (Å²) in [6.07, 6.45) is 0. The Bertz CT molecular complexity index is 516. The monoisotopic (exact) mass is 207 g/mol. The Labute approximate surface area is 85.1 Å². The van der Waals surface area contributed by atoms with Gasteiger partial charge in [0.15, 0.2) is 0 Å². The second-order valence-electron chi connectivity index (χ2n) is 3.29. The largest absolute Gasteiger partial charge is 0.328 e. The van der Waals surface area contributed by atoms with Crippen LogP contribution in [0.4, 0.5) is 5.00 Å². The Kier molecular flexibility index (Phi) is 2.00. The maximum Gasteiger partial charge on any atom is 0.328 e. The van der Waals surface area contributed by atoms with E-state index in [0.717, 1.165) is 21.2 Å². The quantitative estimate of drug-likeness (QED) is 0.531. The Morgan fingerprint density at radius 2 is 2.07 bits per heavy atom. The van der Waals surface area contributed by atoms with Gasteiger partial charge in [-0.3, -0.25) is 10.1 Å². The fourth-order valence-corrected chi connectivity index (χ4v) is 2.50. The summed E-state index contributed by atoms with van der Waals surface area (Å²) in [6, 6.07) is 5.91. The van der Waals surface area contributed by atoms with Gasteiger partial charge in [0.25, 0.3) is 0 Å². The highest BCUT2D eigenvalue weighted by Crippen LogP contribution is 2.36. The minimum Gasteiger partial charge on any atom is -0.258 e. The molecule has 0 N–H and O–H groups in total. The van der Waals surface area contributed by atoms with Crippen molar-refractivity contribution in [3.8, 4) is 0 Å². The molecule has 14 heavy (non-hydrogen) atoms. The van der Waals surface area contributed by atoms with Crippen molar-refractivity contribution in [3.63, 3.8) is 0 Å². The van der Waals surface area contributed by atoms with E-state index >= 15 is 0 Å². The molecule has 0 saturated heterocycles. The second-order valence-corrected chi connectivity index (χ2v) is 4.32. The zero-order valence-corrected chi connectivity index (χ0v) is 8.72. The van der Waals surface area contributed by atoms with E-state index in [0.29, 0.717) is 0 Å². The summed E-state index contributed by atoms with van der Waals surface area (Å²) in [6.45, 7) is 3.79. The van der Waals surface area contributed by atoms with Crippen LogP contribution in [0, 0.1) is 24.0 Å². The van der Waals surface area contributed by atoms with E-state index in [1.807, 2.05) is 25.1 Å². The number of hydrogen-bond acceptors (Lipinski definition) is 3. The summed E-state index contributed by atoms with van der Waals surface area (Å²) in [4.78, 5) is 10.4. The maximum atomic E-state index is 10.7. The summed E-state index contributed by atoms with van der Waals surface area (Å²) in [5.74, 6) is 0. The predicted molar refractivity (Wildman–Crippen MR) is 58.0 cm³/mol. The first kappa shape index (κ1) is 9.15. The van der Waals surface area contributed by atoms with Crippen LogP contribution in [0.15, 0.2) is 18.2 Å². The predicted octanol–water partition coefficient (Wildman–Crippen LogP) is 3.43. The van der Waals surface area contributed by atoms with Crippen molar-refractivity contribution in [1.29, 1.82) is 0 Å². The Morgan fingerprint density at radius 1 is 1.36 bits per heavy atom. The number of hydrogen-bond donors (Lipinski definition) is 0. The summed E-state index contributed by atoms with van der Waals surface area (Å²) in [5, 5.41) is 11.9. The standard InChI is InChI=1S/C10H9NO2S/c1-6-3-4-9-8(5-6)7(2)10(14-9)11(12)13/h3-5H,1-2H3. The van der Waals surface area contributed by atoms with Crippen molar-refractivity contribution in [2.75, 3.05) is 0 Å². The van der Waals surface area contributed by atoms with E-state index in [4.69, 9.17) is 0 Å². The number of aryl methyl sites for hydroxylation is 2. The molecule has 0 saturated carbocycles. The number of nitrogens with zero attached hydrogens (tertiary/aromatic N) is 1. The number of benzene rings is 1. The molecular formula is C10H9NO2S. The molecule has 0 aliphatic rings. The van der Waals surface area contributed by atoms with Gasteiger partial charge in [0, 0.05) is 15.6 Å². The van der Waals surface area contributed by atoms with Gasteiger partial charge in [-0.25, -0.2) is 0 Å². The molecule has 0 aliphatic carbocycles. The lowest BCUT2D eigenvalue weighted by Gasteiger charge is -1.92. The summed E-state index contributed by atoms with van der Waals surface area (Å²) in [5.41, 5.74) is 1.91. The van der Waals surface area contributed by atoms with E-state index in [1.165, 1.54) is 11.3 Å². The van der Waals surface area contributed by atoms with Gasteiger partial charge in [-0.05, 0) is 19.9 Å². The molecule has 2 rings (SSSR count). The van der Waals surface area contributed by atoms with E-state index in [2.05, 4.69) is 0 Å². The molecule has 0 bridgehead atoms. The zero-order chi connectivity index (χ0) is 10.3. The molecule has 0 aliphatic heterocycles. The van der Waals surface area contributed by atoms with Crippen LogP contribution in [0.2, 0.25) is 0 Å². The average Bonchev–Trinajstić information content (AvgIpc) is 2.44. The summed E-state index contributed by atoms with van der Waals surface area (Å²) >= 11 is 1.24. The first-order valence-electron chi connectivity index (χ1n) is 4.24. The number of rotatable bonds is 1. The highest BCUT2D eigenvalue weighted by atomic mass is 32.1. The van der Waals surface area contributed by atoms with Crippen LogP contribution in [0.25, 0.3) is 10.1 Å². The van der Waals surface area contributed by atoms with Gasteiger partial charge in [-0.15, -0.1) is 0 Å². The lowest BCUT2D eigenvalue weighted by atomic mass is 10.1. The molecule has 0 fully saturated rings. The minimum atomic E-state index is -0.310. The van der Waals surface area contributed by atoms with E-state index in [-0.39, 0.29) is 9.92 Å². The average molecular weight is 207 g/mol. The maximum absolute atomic E-state index is 10.7. The fraction of sp³-hybridized carbons (Fsp3) is 0.200. The molecule has 3 nitrogen and oxygen atoms in total. The van der Waals surface area contributed by atoms with Gasteiger partial charge in [-0.1, -0.05) is 29.0 Å². The van der Waals surface area contributed by atoms with Gasteiger partial charge in [0.1, 0.15) is 0 Å². The van der Waals surface area contributed by atoms with Gasteiger partial charge >= 0.3 is 5.00 Å². The van der Waals surface area contributed by atoms with Crippen LogP contribution in [0.3, 0.4) is 0 Å². The first-order chi connectivity index (χ1) is 6.59. The smallest absolute Gasteiger partial charge is 0.258 e. The highest BCUT2D eigenvalue weighted by Gasteiger charge is 2.17. The Morgan fingerprint density at radius 3 is 2.71 bits per heavy atom. The normalized spacial score (nSPS) is 10.7. The Hall–Kier alpha value is -1.42. The molecule has 1 aromatic heterocycles. The van der Waals surface area contributed by atoms with Gasteiger partial charge in [0.2, 0.25) is 0 Å². The number of thiophene rings is 1. The molecule has 1 aromatic carbocycles. The van der Waals surface area contributed by atoms with Crippen molar-refractivity contribution in [1.82, 2.24) is 0 Å². The van der Waals surface area contributed by atoms with Crippen molar-refractivity contribution >= 4 is 26.4 Å². The topological polar surface area (TPSA) is 43.1 Å². The third-order valence-corrected chi connectivity index (χ3v) is 3.46. The molecule has 0 spiro atoms. The molecule has 4 heteroatoms. The van der Waals surface area contributed by atoms with Crippen LogP contribution in [0.1, 0.15) is 11.1 Å². The van der Waals surface area contributed by atoms with E-state index < -0.39 is 0 Å². The zero-order valence-electron chi connectivity index (χ0n) is 7.90. The lowest BCUT2D eigenvalue weighted by Crippen LogP contribution is -1.85. The summed E-state index contributed by atoms with van der Waals surface area (Å²) in [7, 11) is 0. The lowest BCUT2D eigenvalue weighted by molar-refractivity contribution is -0.380.